The van der Waals surface area contributed by atoms with Gasteiger partial charge in [0.05, 0.1) is 13.2 Å². The maximum atomic E-state index is 12.0. The molecule has 1 rings (SSSR count). The molecular formula is C9H18F2N2O. The summed E-state index contributed by atoms with van der Waals surface area (Å²) in [6, 6.07) is -0.0377. The molecule has 1 heterocycles. The second kappa shape index (κ2) is 6.27. The van der Waals surface area contributed by atoms with Crippen LogP contribution < -0.4 is 11.1 Å². The topological polar surface area (TPSA) is 47.3 Å². The molecule has 0 radical (unpaired) electrons. The molecule has 0 aliphatic carbocycles. The molecule has 0 bridgehead atoms. The molecule has 0 aromatic rings. The SMILES string of the molecule is NCC(NCC(F)F)C1CCCOC1. The summed E-state index contributed by atoms with van der Waals surface area (Å²) in [6.07, 6.45) is -0.302. The Kier molecular flexibility index (Phi) is 5.29. The monoisotopic (exact) mass is 208 g/mol. The Hall–Kier alpha value is -0.260. The van der Waals surface area contributed by atoms with Crippen LogP contribution in [-0.2, 0) is 4.74 Å². The van der Waals surface area contributed by atoms with Crippen LogP contribution in [0.1, 0.15) is 12.8 Å². The molecule has 2 unspecified atom stereocenters. The Bertz CT molecular complexity index is 152. The van der Waals surface area contributed by atoms with Crippen LogP contribution in [-0.4, -0.2) is 38.8 Å². The van der Waals surface area contributed by atoms with E-state index in [-0.39, 0.29) is 18.5 Å². The first-order valence-corrected chi connectivity index (χ1v) is 5.03. The minimum atomic E-state index is -2.31. The molecule has 1 aliphatic heterocycles. The fourth-order valence-electron chi connectivity index (χ4n) is 1.77. The number of rotatable bonds is 5. The normalized spacial score (nSPS) is 25.3. The van der Waals surface area contributed by atoms with Gasteiger partial charge in [0.25, 0.3) is 6.43 Å². The number of hydrogen-bond donors (Lipinski definition) is 2. The minimum absolute atomic E-state index is 0.0377. The third-order valence-electron chi connectivity index (χ3n) is 2.55. The highest BCUT2D eigenvalue weighted by atomic mass is 19.3. The Morgan fingerprint density at radius 2 is 2.29 bits per heavy atom. The quantitative estimate of drug-likeness (QED) is 0.695. The van der Waals surface area contributed by atoms with Crippen molar-refractivity contribution in [2.45, 2.75) is 25.3 Å². The molecule has 1 saturated heterocycles. The molecule has 0 aromatic heterocycles. The van der Waals surface area contributed by atoms with Crippen molar-refractivity contribution in [3.05, 3.63) is 0 Å². The van der Waals surface area contributed by atoms with E-state index in [0.717, 1.165) is 19.4 Å². The van der Waals surface area contributed by atoms with Gasteiger partial charge in [-0.15, -0.1) is 0 Å². The smallest absolute Gasteiger partial charge is 0.250 e. The van der Waals surface area contributed by atoms with Crippen molar-refractivity contribution in [3.63, 3.8) is 0 Å². The maximum Gasteiger partial charge on any atom is 0.250 e. The van der Waals surface area contributed by atoms with Gasteiger partial charge in [-0.25, -0.2) is 8.78 Å². The molecule has 3 N–H and O–H groups in total. The lowest BCUT2D eigenvalue weighted by molar-refractivity contribution is 0.0368. The molecule has 0 amide bonds. The van der Waals surface area contributed by atoms with Crippen molar-refractivity contribution in [3.8, 4) is 0 Å². The first-order chi connectivity index (χ1) is 6.74. The fourth-order valence-corrected chi connectivity index (χ4v) is 1.77. The average Bonchev–Trinajstić information content (AvgIpc) is 2.20. The average molecular weight is 208 g/mol. The second-order valence-corrected chi connectivity index (χ2v) is 3.62. The predicted molar refractivity (Wildman–Crippen MR) is 50.4 cm³/mol. The molecule has 84 valence electrons. The Labute approximate surface area is 83.0 Å². The lowest BCUT2D eigenvalue weighted by Crippen LogP contribution is -2.46. The largest absolute Gasteiger partial charge is 0.381 e. The molecule has 2 atom stereocenters. The summed E-state index contributed by atoms with van der Waals surface area (Å²) in [7, 11) is 0. The lowest BCUT2D eigenvalue weighted by Gasteiger charge is -2.30. The summed E-state index contributed by atoms with van der Waals surface area (Å²) in [5.41, 5.74) is 5.53. The molecule has 1 aliphatic rings. The van der Waals surface area contributed by atoms with E-state index < -0.39 is 6.43 Å². The number of alkyl halides is 2. The van der Waals surface area contributed by atoms with Gasteiger partial charge in [-0.2, -0.15) is 0 Å². The van der Waals surface area contributed by atoms with Crippen molar-refractivity contribution < 1.29 is 13.5 Å². The van der Waals surface area contributed by atoms with Crippen LogP contribution in [0.4, 0.5) is 8.78 Å². The predicted octanol–water partition coefficient (Wildman–Crippen LogP) is 0.595. The summed E-state index contributed by atoms with van der Waals surface area (Å²) in [4.78, 5) is 0. The number of nitrogens with one attached hydrogen (secondary N) is 1. The third-order valence-corrected chi connectivity index (χ3v) is 2.55. The molecule has 14 heavy (non-hydrogen) atoms. The van der Waals surface area contributed by atoms with Gasteiger partial charge >= 0.3 is 0 Å². The van der Waals surface area contributed by atoms with Gasteiger partial charge in [-0.3, -0.25) is 0 Å². The van der Waals surface area contributed by atoms with E-state index in [1.807, 2.05) is 0 Å². The Morgan fingerprint density at radius 3 is 2.79 bits per heavy atom. The third kappa shape index (κ3) is 3.86. The van der Waals surface area contributed by atoms with Crippen LogP contribution in [0, 0.1) is 5.92 Å². The summed E-state index contributed by atoms with van der Waals surface area (Å²) in [6.45, 7) is 1.53. The van der Waals surface area contributed by atoms with Gasteiger partial charge in [-0.05, 0) is 18.8 Å². The van der Waals surface area contributed by atoms with Gasteiger partial charge in [0, 0.05) is 19.2 Å². The van der Waals surface area contributed by atoms with E-state index in [0.29, 0.717) is 13.2 Å². The van der Waals surface area contributed by atoms with Crippen molar-refractivity contribution >= 4 is 0 Å². The Balaban J connectivity index is 2.28. The molecule has 0 aromatic carbocycles. The van der Waals surface area contributed by atoms with Gasteiger partial charge < -0.3 is 15.8 Å². The first-order valence-electron chi connectivity index (χ1n) is 5.03. The standard InChI is InChI=1S/C9H18F2N2O/c10-9(11)5-13-8(4-12)7-2-1-3-14-6-7/h7-9,13H,1-6,12H2. The van der Waals surface area contributed by atoms with Gasteiger partial charge in [0.15, 0.2) is 0 Å². The van der Waals surface area contributed by atoms with Crippen LogP contribution in [0.5, 0.6) is 0 Å². The molecule has 1 fully saturated rings. The number of hydrogen-bond acceptors (Lipinski definition) is 3. The molecule has 0 saturated carbocycles. The molecule has 5 heteroatoms. The van der Waals surface area contributed by atoms with E-state index in [1.165, 1.54) is 0 Å². The van der Waals surface area contributed by atoms with Crippen LogP contribution >= 0.6 is 0 Å². The summed E-state index contributed by atoms with van der Waals surface area (Å²) >= 11 is 0. The molecule has 0 spiro atoms. The maximum absolute atomic E-state index is 12.0. The number of nitrogens with two attached hydrogens (primary N) is 1. The van der Waals surface area contributed by atoms with E-state index in [1.54, 1.807) is 0 Å². The highest BCUT2D eigenvalue weighted by Crippen LogP contribution is 2.17. The van der Waals surface area contributed by atoms with Crippen LogP contribution in [0.2, 0.25) is 0 Å². The van der Waals surface area contributed by atoms with E-state index in [4.69, 9.17) is 10.5 Å². The zero-order valence-corrected chi connectivity index (χ0v) is 8.22. The van der Waals surface area contributed by atoms with Crippen molar-refractivity contribution in [2.75, 3.05) is 26.3 Å². The minimum Gasteiger partial charge on any atom is -0.381 e. The highest BCUT2D eigenvalue weighted by molar-refractivity contribution is 4.79. The number of ether oxygens (including phenoxy) is 1. The highest BCUT2D eigenvalue weighted by Gasteiger charge is 2.23. The van der Waals surface area contributed by atoms with Crippen molar-refractivity contribution in [1.29, 1.82) is 0 Å². The first kappa shape index (κ1) is 11.8. The molecule has 3 nitrogen and oxygen atoms in total. The second-order valence-electron chi connectivity index (χ2n) is 3.62. The van der Waals surface area contributed by atoms with Crippen LogP contribution in [0.25, 0.3) is 0 Å². The van der Waals surface area contributed by atoms with Crippen LogP contribution in [0.3, 0.4) is 0 Å². The van der Waals surface area contributed by atoms with E-state index >= 15 is 0 Å². The zero-order chi connectivity index (χ0) is 10.4. The van der Waals surface area contributed by atoms with Crippen molar-refractivity contribution in [1.82, 2.24) is 5.32 Å². The van der Waals surface area contributed by atoms with Gasteiger partial charge in [-0.1, -0.05) is 0 Å². The van der Waals surface area contributed by atoms with E-state index in [9.17, 15) is 8.78 Å². The van der Waals surface area contributed by atoms with Crippen LogP contribution in [0.15, 0.2) is 0 Å². The fraction of sp³-hybridized carbons (Fsp3) is 1.00. The van der Waals surface area contributed by atoms with Gasteiger partial charge in [0.1, 0.15) is 0 Å². The summed E-state index contributed by atoms with van der Waals surface area (Å²) in [5.74, 6) is 0.285. The zero-order valence-electron chi connectivity index (χ0n) is 8.22. The van der Waals surface area contributed by atoms with Gasteiger partial charge in [0.2, 0.25) is 0 Å². The summed E-state index contributed by atoms with van der Waals surface area (Å²) in [5, 5.41) is 2.78. The molecular weight excluding hydrogens is 190 g/mol. The van der Waals surface area contributed by atoms with Crippen molar-refractivity contribution in [2.24, 2.45) is 11.7 Å². The Morgan fingerprint density at radius 1 is 1.50 bits per heavy atom. The number of halogens is 2. The summed E-state index contributed by atoms with van der Waals surface area (Å²) < 4.78 is 29.2. The van der Waals surface area contributed by atoms with E-state index in [2.05, 4.69) is 5.32 Å². The lowest BCUT2D eigenvalue weighted by atomic mass is 9.94.